The van der Waals surface area contributed by atoms with Crippen molar-refractivity contribution in [2.75, 3.05) is 13.1 Å². The van der Waals surface area contributed by atoms with Gasteiger partial charge in [0.2, 0.25) is 11.7 Å². The lowest BCUT2D eigenvalue weighted by Gasteiger charge is -2.27. The predicted octanol–water partition coefficient (Wildman–Crippen LogP) is 3.40. The highest BCUT2D eigenvalue weighted by molar-refractivity contribution is 7.13. The zero-order chi connectivity index (χ0) is 13.1. The fourth-order valence-electron chi connectivity index (χ4n) is 2.65. The minimum Gasteiger partial charge on any atom is -0.339 e. The lowest BCUT2D eigenvalue weighted by atomic mass is 9.85. The number of piperidine rings is 1. The maximum Gasteiger partial charge on any atom is 0.227 e. The molecule has 3 heterocycles. The van der Waals surface area contributed by atoms with Crippen LogP contribution in [0.5, 0.6) is 0 Å². The van der Waals surface area contributed by atoms with Gasteiger partial charge in [0.15, 0.2) is 0 Å². The quantitative estimate of drug-likeness (QED) is 0.940. The summed E-state index contributed by atoms with van der Waals surface area (Å²) < 4.78 is 5.38. The Hall–Kier alpha value is -0.910. The van der Waals surface area contributed by atoms with Crippen molar-refractivity contribution in [2.45, 2.75) is 26.2 Å². The molecule has 0 radical (unpaired) electrons. The molecule has 1 aliphatic rings. The number of thiophene rings is 1. The van der Waals surface area contributed by atoms with Crippen LogP contribution in [0.25, 0.3) is 10.7 Å². The van der Waals surface area contributed by atoms with Crippen LogP contribution in [0, 0.1) is 11.8 Å². The Morgan fingerprint density at radius 3 is 3.15 bits per heavy atom. The number of nitrogens with zero attached hydrogens (tertiary/aromatic N) is 2. The first-order valence-corrected chi connectivity index (χ1v) is 7.78. The van der Waals surface area contributed by atoms with Gasteiger partial charge in [-0.2, -0.15) is 4.98 Å². The Morgan fingerprint density at radius 2 is 2.45 bits per heavy atom. The molecule has 1 fully saturated rings. The Kier molecular flexibility index (Phi) is 5.57. The third kappa shape index (κ3) is 3.59. The Labute approximate surface area is 129 Å². The summed E-state index contributed by atoms with van der Waals surface area (Å²) in [5.41, 5.74) is 0. The van der Waals surface area contributed by atoms with E-state index in [0.717, 1.165) is 42.0 Å². The molecule has 0 aliphatic carbocycles. The Morgan fingerprint density at radius 1 is 1.55 bits per heavy atom. The highest BCUT2D eigenvalue weighted by Gasteiger charge is 2.22. The van der Waals surface area contributed by atoms with Crippen molar-refractivity contribution in [1.82, 2.24) is 15.5 Å². The van der Waals surface area contributed by atoms with Crippen molar-refractivity contribution in [3.63, 3.8) is 0 Å². The summed E-state index contributed by atoms with van der Waals surface area (Å²) >= 11 is 1.64. The minimum absolute atomic E-state index is 0. The van der Waals surface area contributed by atoms with Gasteiger partial charge in [0, 0.05) is 6.42 Å². The molecule has 2 atom stereocenters. The molecular weight excluding hydrogens is 294 g/mol. The predicted molar refractivity (Wildman–Crippen MR) is 83.3 cm³/mol. The number of halogens is 1. The van der Waals surface area contributed by atoms with E-state index in [0.29, 0.717) is 5.92 Å². The second-order valence-corrected chi connectivity index (χ2v) is 6.22. The van der Waals surface area contributed by atoms with Gasteiger partial charge in [-0.25, -0.2) is 0 Å². The summed E-state index contributed by atoms with van der Waals surface area (Å²) in [6.45, 7) is 4.56. The van der Waals surface area contributed by atoms with E-state index in [-0.39, 0.29) is 12.4 Å². The SMILES string of the molecule is CC(Cc1nc(-c2cccs2)no1)C1CCCNC1.Cl. The third-order valence-corrected chi connectivity index (χ3v) is 4.71. The van der Waals surface area contributed by atoms with E-state index in [9.17, 15) is 0 Å². The molecule has 0 bridgehead atoms. The summed E-state index contributed by atoms with van der Waals surface area (Å²) in [4.78, 5) is 5.57. The topological polar surface area (TPSA) is 51.0 Å². The number of rotatable bonds is 4. The second kappa shape index (κ2) is 7.20. The third-order valence-electron chi connectivity index (χ3n) is 3.85. The van der Waals surface area contributed by atoms with Crippen molar-refractivity contribution in [1.29, 1.82) is 0 Å². The van der Waals surface area contributed by atoms with Crippen LogP contribution in [0.15, 0.2) is 22.0 Å². The molecule has 1 N–H and O–H groups in total. The monoisotopic (exact) mass is 313 g/mol. The van der Waals surface area contributed by atoms with Gasteiger partial charge < -0.3 is 9.84 Å². The number of aromatic nitrogens is 2. The smallest absolute Gasteiger partial charge is 0.227 e. The molecule has 1 saturated heterocycles. The zero-order valence-electron chi connectivity index (χ0n) is 11.5. The summed E-state index contributed by atoms with van der Waals surface area (Å²) in [7, 11) is 0. The van der Waals surface area contributed by atoms with Crippen LogP contribution >= 0.6 is 23.7 Å². The van der Waals surface area contributed by atoms with E-state index in [4.69, 9.17) is 4.52 Å². The van der Waals surface area contributed by atoms with Crippen molar-refractivity contribution >= 4 is 23.7 Å². The molecule has 1 aliphatic heterocycles. The van der Waals surface area contributed by atoms with Gasteiger partial charge in [-0.3, -0.25) is 0 Å². The lowest BCUT2D eigenvalue weighted by Crippen LogP contribution is -2.33. The van der Waals surface area contributed by atoms with Gasteiger partial charge in [0.25, 0.3) is 0 Å². The fourth-order valence-corrected chi connectivity index (χ4v) is 3.30. The van der Waals surface area contributed by atoms with Crippen molar-refractivity contribution in [3.05, 3.63) is 23.4 Å². The molecule has 0 aromatic carbocycles. The fraction of sp³-hybridized carbons (Fsp3) is 0.571. The van der Waals surface area contributed by atoms with Crippen LogP contribution in [0.4, 0.5) is 0 Å². The van der Waals surface area contributed by atoms with Gasteiger partial charge >= 0.3 is 0 Å². The van der Waals surface area contributed by atoms with Crippen molar-refractivity contribution in [2.24, 2.45) is 11.8 Å². The standard InChI is InChI=1S/C14H19N3OS.ClH/c1-10(11-4-2-6-15-9-11)8-13-16-14(17-18-13)12-5-3-7-19-12;/h3,5,7,10-11,15H,2,4,6,8-9H2,1H3;1H. The molecule has 0 saturated carbocycles. The van der Waals surface area contributed by atoms with Crippen LogP contribution in [0.3, 0.4) is 0 Å². The van der Waals surface area contributed by atoms with Gasteiger partial charge in [-0.05, 0) is 49.2 Å². The van der Waals surface area contributed by atoms with Crippen molar-refractivity contribution in [3.8, 4) is 10.7 Å². The maximum atomic E-state index is 5.38. The average molecular weight is 314 g/mol. The number of hydrogen-bond acceptors (Lipinski definition) is 5. The molecule has 20 heavy (non-hydrogen) atoms. The first kappa shape index (κ1) is 15.5. The largest absolute Gasteiger partial charge is 0.339 e. The molecule has 4 nitrogen and oxygen atoms in total. The molecule has 6 heteroatoms. The van der Waals surface area contributed by atoms with E-state index < -0.39 is 0 Å². The van der Waals surface area contributed by atoms with Gasteiger partial charge in [-0.1, -0.05) is 18.1 Å². The summed E-state index contributed by atoms with van der Waals surface area (Å²) in [5, 5.41) is 9.56. The van der Waals surface area contributed by atoms with E-state index in [1.54, 1.807) is 11.3 Å². The van der Waals surface area contributed by atoms with Crippen LogP contribution in [0.1, 0.15) is 25.7 Å². The maximum absolute atomic E-state index is 5.38. The van der Waals surface area contributed by atoms with E-state index in [1.165, 1.54) is 12.8 Å². The molecule has 2 aromatic heterocycles. The number of nitrogens with one attached hydrogen (secondary N) is 1. The van der Waals surface area contributed by atoms with Crippen LogP contribution in [-0.4, -0.2) is 23.2 Å². The second-order valence-electron chi connectivity index (χ2n) is 5.28. The van der Waals surface area contributed by atoms with E-state index >= 15 is 0 Å². The molecule has 110 valence electrons. The zero-order valence-corrected chi connectivity index (χ0v) is 13.2. The molecule has 2 aromatic rings. The highest BCUT2D eigenvalue weighted by atomic mass is 35.5. The average Bonchev–Trinajstić information content (AvgIpc) is 3.10. The molecule has 3 rings (SSSR count). The van der Waals surface area contributed by atoms with Crippen molar-refractivity contribution < 1.29 is 4.52 Å². The molecule has 0 amide bonds. The molecular formula is C14H20ClN3OS. The lowest BCUT2D eigenvalue weighted by molar-refractivity contribution is 0.257. The molecule has 2 unspecified atom stereocenters. The van der Waals surface area contributed by atoms with Crippen LogP contribution in [0.2, 0.25) is 0 Å². The van der Waals surface area contributed by atoms with Gasteiger partial charge in [0.05, 0.1) is 4.88 Å². The summed E-state index contributed by atoms with van der Waals surface area (Å²) in [6, 6.07) is 4.03. The number of hydrogen-bond donors (Lipinski definition) is 1. The van der Waals surface area contributed by atoms with Gasteiger partial charge in [-0.15, -0.1) is 23.7 Å². The van der Waals surface area contributed by atoms with E-state index in [1.807, 2.05) is 17.5 Å². The first-order valence-electron chi connectivity index (χ1n) is 6.90. The van der Waals surface area contributed by atoms with Crippen LogP contribution in [-0.2, 0) is 6.42 Å². The first-order chi connectivity index (χ1) is 9.33. The summed E-state index contributed by atoms with van der Waals surface area (Å²) in [6.07, 6.45) is 3.46. The normalized spacial score (nSPS) is 20.4. The Balaban J connectivity index is 0.00000147. The molecule has 0 spiro atoms. The minimum atomic E-state index is 0. The van der Waals surface area contributed by atoms with E-state index in [2.05, 4.69) is 22.4 Å². The summed E-state index contributed by atoms with van der Waals surface area (Å²) in [5.74, 6) is 2.80. The van der Waals surface area contributed by atoms with Gasteiger partial charge in [0.1, 0.15) is 0 Å². The van der Waals surface area contributed by atoms with Crippen LogP contribution < -0.4 is 5.32 Å². The Bertz CT molecular complexity index is 508. The highest BCUT2D eigenvalue weighted by Crippen LogP contribution is 2.25.